The van der Waals surface area contributed by atoms with Crippen LogP contribution < -0.4 is 4.74 Å². The van der Waals surface area contributed by atoms with E-state index in [4.69, 9.17) is 9.84 Å². The number of carboxylic acids is 1. The zero-order valence-electron chi connectivity index (χ0n) is 21.1. The molecule has 0 bridgehead atoms. The predicted molar refractivity (Wildman–Crippen MR) is 144 cm³/mol. The molecule has 0 radical (unpaired) electrons. The highest BCUT2D eigenvalue weighted by atomic mass is 16.5. The number of hydrogen-bond acceptors (Lipinski definition) is 2. The Hall–Kier alpha value is -2.55. The van der Waals surface area contributed by atoms with Gasteiger partial charge in [0.1, 0.15) is 5.75 Å². The van der Waals surface area contributed by atoms with Crippen molar-refractivity contribution < 1.29 is 14.6 Å². The highest BCUT2D eigenvalue weighted by Gasteiger charge is 2.03. The van der Waals surface area contributed by atoms with E-state index in [0.29, 0.717) is 5.56 Å². The van der Waals surface area contributed by atoms with Crippen LogP contribution in [0, 0.1) is 0 Å². The first-order valence-electron chi connectivity index (χ1n) is 13.4. The fourth-order valence-corrected chi connectivity index (χ4v) is 4.09. The SMILES string of the molecule is CCCCCCCCC=CCCCCCCCCOc1ccc(-c2ccc(C(=O)O)cc2)cc1. The number of ether oxygens (including phenoxy) is 1. The lowest BCUT2D eigenvalue weighted by Gasteiger charge is -2.08. The summed E-state index contributed by atoms with van der Waals surface area (Å²) in [6.45, 7) is 3.03. The lowest BCUT2D eigenvalue weighted by atomic mass is 10.0. The molecular formula is C31H44O3. The Morgan fingerprint density at radius 2 is 1.15 bits per heavy atom. The molecule has 0 fully saturated rings. The van der Waals surface area contributed by atoms with E-state index in [1.165, 1.54) is 83.5 Å². The largest absolute Gasteiger partial charge is 0.494 e. The zero-order valence-corrected chi connectivity index (χ0v) is 21.1. The summed E-state index contributed by atoms with van der Waals surface area (Å²) in [5.74, 6) is -0.0137. The number of carboxylic acid groups (broad SMARTS) is 1. The summed E-state index contributed by atoms with van der Waals surface area (Å²) in [6.07, 6.45) is 23.1. The van der Waals surface area contributed by atoms with E-state index in [9.17, 15) is 4.79 Å². The van der Waals surface area contributed by atoms with Gasteiger partial charge in [0.15, 0.2) is 0 Å². The maximum absolute atomic E-state index is 11.0. The lowest BCUT2D eigenvalue weighted by Crippen LogP contribution is -1.97. The minimum atomic E-state index is -0.901. The van der Waals surface area contributed by atoms with Gasteiger partial charge >= 0.3 is 5.97 Å². The van der Waals surface area contributed by atoms with Gasteiger partial charge in [-0.2, -0.15) is 0 Å². The Balaban J connectivity index is 1.44. The molecule has 2 rings (SSSR count). The van der Waals surface area contributed by atoms with Gasteiger partial charge in [0.2, 0.25) is 0 Å². The second kappa shape index (κ2) is 17.9. The van der Waals surface area contributed by atoms with E-state index in [0.717, 1.165) is 29.9 Å². The normalized spacial score (nSPS) is 11.2. The molecule has 0 aliphatic rings. The number of rotatable bonds is 19. The fraction of sp³-hybridized carbons (Fsp3) is 0.516. The molecule has 186 valence electrons. The van der Waals surface area contributed by atoms with E-state index in [-0.39, 0.29) is 0 Å². The summed E-state index contributed by atoms with van der Waals surface area (Å²) in [5, 5.41) is 9.01. The average molecular weight is 465 g/mol. The second-order valence-corrected chi connectivity index (χ2v) is 9.19. The zero-order chi connectivity index (χ0) is 24.3. The van der Waals surface area contributed by atoms with Gasteiger partial charge in [-0.25, -0.2) is 4.79 Å². The molecule has 0 aliphatic heterocycles. The summed E-state index contributed by atoms with van der Waals surface area (Å²) < 4.78 is 5.88. The van der Waals surface area contributed by atoms with Gasteiger partial charge in [-0.1, -0.05) is 101 Å². The molecule has 34 heavy (non-hydrogen) atoms. The quantitative estimate of drug-likeness (QED) is 0.166. The molecule has 0 atom stereocenters. The van der Waals surface area contributed by atoms with Crippen LogP contribution in [0.2, 0.25) is 0 Å². The third kappa shape index (κ3) is 12.1. The van der Waals surface area contributed by atoms with Crippen molar-refractivity contribution in [1.29, 1.82) is 0 Å². The van der Waals surface area contributed by atoms with E-state index in [2.05, 4.69) is 19.1 Å². The van der Waals surface area contributed by atoms with Crippen molar-refractivity contribution in [1.82, 2.24) is 0 Å². The average Bonchev–Trinajstić information content (AvgIpc) is 2.86. The third-order valence-corrected chi connectivity index (χ3v) is 6.24. The van der Waals surface area contributed by atoms with Crippen molar-refractivity contribution >= 4 is 5.97 Å². The van der Waals surface area contributed by atoms with Gasteiger partial charge in [-0.05, 0) is 67.5 Å². The van der Waals surface area contributed by atoms with Gasteiger partial charge < -0.3 is 9.84 Å². The summed E-state index contributed by atoms with van der Waals surface area (Å²) in [6, 6.07) is 15.0. The molecule has 2 aromatic carbocycles. The van der Waals surface area contributed by atoms with Crippen LogP contribution in [-0.2, 0) is 0 Å². The van der Waals surface area contributed by atoms with Crippen LogP contribution in [0.25, 0.3) is 11.1 Å². The van der Waals surface area contributed by atoms with Crippen LogP contribution in [0.3, 0.4) is 0 Å². The highest BCUT2D eigenvalue weighted by Crippen LogP contribution is 2.23. The molecule has 0 amide bonds. The van der Waals surface area contributed by atoms with Crippen LogP contribution in [0.1, 0.15) is 107 Å². The molecule has 3 heteroatoms. The van der Waals surface area contributed by atoms with Crippen molar-refractivity contribution in [2.24, 2.45) is 0 Å². The molecule has 3 nitrogen and oxygen atoms in total. The third-order valence-electron chi connectivity index (χ3n) is 6.24. The van der Waals surface area contributed by atoms with Gasteiger partial charge in [0, 0.05) is 0 Å². The summed E-state index contributed by atoms with van der Waals surface area (Å²) in [4.78, 5) is 11.0. The topological polar surface area (TPSA) is 46.5 Å². The lowest BCUT2D eigenvalue weighted by molar-refractivity contribution is 0.0697. The Morgan fingerprint density at radius 1 is 0.676 bits per heavy atom. The Labute approximate surface area is 207 Å². The monoisotopic (exact) mass is 464 g/mol. The molecule has 0 saturated heterocycles. The molecule has 0 aromatic heterocycles. The molecule has 0 heterocycles. The molecule has 0 aliphatic carbocycles. The maximum Gasteiger partial charge on any atom is 0.335 e. The molecular weight excluding hydrogens is 420 g/mol. The Kier molecular flexibility index (Phi) is 14.5. The molecule has 0 saturated carbocycles. The number of unbranched alkanes of at least 4 members (excludes halogenated alkanes) is 12. The minimum Gasteiger partial charge on any atom is -0.494 e. The first-order chi connectivity index (χ1) is 16.7. The highest BCUT2D eigenvalue weighted by molar-refractivity contribution is 5.88. The van der Waals surface area contributed by atoms with Gasteiger partial charge in [0.25, 0.3) is 0 Å². The molecule has 0 spiro atoms. The molecule has 2 aromatic rings. The van der Waals surface area contributed by atoms with Crippen molar-refractivity contribution in [2.75, 3.05) is 6.61 Å². The van der Waals surface area contributed by atoms with E-state index in [1.807, 2.05) is 36.4 Å². The van der Waals surface area contributed by atoms with Crippen LogP contribution in [-0.4, -0.2) is 17.7 Å². The van der Waals surface area contributed by atoms with Crippen LogP contribution in [0.4, 0.5) is 0 Å². The van der Waals surface area contributed by atoms with Gasteiger partial charge in [-0.15, -0.1) is 0 Å². The van der Waals surface area contributed by atoms with Gasteiger partial charge in [-0.3, -0.25) is 0 Å². The van der Waals surface area contributed by atoms with Crippen LogP contribution in [0.15, 0.2) is 60.7 Å². The summed E-state index contributed by atoms with van der Waals surface area (Å²) in [5.41, 5.74) is 2.37. The smallest absolute Gasteiger partial charge is 0.335 e. The second-order valence-electron chi connectivity index (χ2n) is 9.19. The van der Waals surface area contributed by atoms with Crippen molar-refractivity contribution in [3.63, 3.8) is 0 Å². The minimum absolute atomic E-state index is 0.305. The summed E-state index contributed by atoms with van der Waals surface area (Å²) >= 11 is 0. The van der Waals surface area contributed by atoms with Crippen molar-refractivity contribution in [2.45, 2.75) is 96.8 Å². The number of aromatic carboxylic acids is 1. The van der Waals surface area contributed by atoms with Crippen LogP contribution >= 0.6 is 0 Å². The van der Waals surface area contributed by atoms with E-state index >= 15 is 0 Å². The fourth-order valence-electron chi connectivity index (χ4n) is 4.09. The van der Waals surface area contributed by atoms with Gasteiger partial charge in [0.05, 0.1) is 12.2 Å². The predicted octanol–water partition coefficient (Wildman–Crippen LogP) is 9.47. The van der Waals surface area contributed by atoms with Crippen molar-refractivity contribution in [3.8, 4) is 16.9 Å². The first kappa shape index (κ1) is 27.7. The standard InChI is InChI=1S/C31H44O3/c1-2-3-4-5-6-7-8-9-10-11-12-13-14-15-16-17-26-34-30-24-22-28(23-25-30)27-18-20-29(21-19-27)31(32)33/h9-10,18-25H,2-8,11-17,26H2,1H3,(H,32,33). The Bertz CT molecular complexity index is 806. The van der Waals surface area contributed by atoms with Crippen molar-refractivity contribution in [3.05, 3.63) is 66.2 Å². The van der Waals surface area contributed by atoms with E-state index < -0.39 is 5.97 Å². The number of hydrogen-bond donors (Lipinski definition) is 1. The molecule has 1 N–H and O–H groups in total. The summed E-state index contributed by atoms with van der Waals surface area (Å²) in [7, 11) is 0. The van der Waals surface area contributed by atoms with Crippen LogP contribution in [0.5, 0.6) is 5.75 Å². The number of allylic oxidation sites excluding steroid dienone is 2. The first-order valence-corrected chi connectivity index (χ1v) is 13.4. The van der Waals surface area contributed by atoms with E-state index in [1.54, 1.807) is 12.1 Å². The number of benzene rings is 2. The Morgan fingerprint density at radius 3 is 1.68 bits per heavy atom. The maximum atomic E-state index is 11.0. The number of carbonyl (C=O) groups is 1. The molecule has 0 unspecified atom stereocenters.